The Bertz CT molecular complexity index is 771. The Morgan fingerprint density at radius 3 is 1.14 bits per heavy atom. The lowest BCUT2D eigenvalue weighted by Crippen LogP contribution is -2.15. The molecule has 0 aliphatic carbocycles. The van der Waals surface area contributed by atoms with E-state index in [1.807, 2.05) is 0 Å². The van der Waals surface area contributed by atoms with Gasteiger partial charge in [-0.15, -0.1) is 0 Å². The van der Waals surface area contributed by atoms with E-state index in [2.05, 4.69) is 53.3 Å². The van der Waals surface area contributed by atoms with E-state index in [9.17, 15) is 0 Å². The number of nitrogens with zero attached hydrogens (tertiary/aromatic N) is 3. The number of hydrogen-bond donors (Lipinski definition) is 2. The maximum Gasteiger partial charge on any atom is 0.228 e. The van der Waals surface area contributed by atoms with Gasteiger partial charge in [-0.05, 0) is 62.0 Å². The molecule has 0 aromatic carbocycles. The van der Waals surface area contributed by atoms with Crippen LogP contribution in [0.25, 0.3) is 0 Å². The van der Waals surface area contributed by atoms with Gasteiger partial charge in [-0.1, -0.05) is 156 Å². The fourth-order valence-electron chi connectivity index (χ4n) is 6.53. The van der Waals surface area contributed by atoms with E-state index in [1.165, 1.54) is 154 Å². The highest BCUT2D eigenvalue weighted by Crippen LogP contribution is 2.21. The van der Waals surface area contributed by atoms with E-state index in [0.29, 0.717) is 23.7 Å². The molecule has 0 aliphatic heterocycles. The van der Waals surface area contributed by atoms with Crippen LogP contribution < -0.4 is 10.6 Å². The van der Waals surface area contributed by atoms with Gasteiger partial charge in [0.25, 0.3) is 0 Å². The van der Waals surface area contributed by atoms with E-state index in [1.54, 1.807) is 0 Å². The van der Waals surface area contributed by atoms with E-state index in [4.69, 9.17) is 21.1 Å². The first-order valence-corrected chi connectivity index (χ1v) is 21.5. The van der Waals surface area contributed by atoms with Gasteiger partial charge < -0.3 is 20.1 Å². The van der Waals surface area contributed by atoms with Gasteiger partial charge >= 0.3 is 0 Å². The highest BCUT2D eigenvalue weighted by molar-refractivity contribution is 6.28. The summed E-state index contributed by atoms with van der Waals surface area (Å²) < 4.78 is 12.3. The van der Waals surface area contributed by atoms with Gasteiger partial charge in [-0.25, -0.2) is 0 Å². The topological polar surface area (TPSA) is 81.2 Å². The Hall–Kier alpha value is -1.18. The molecule has 0 amide bonds. The van der Waals surface area contributed by atoms with Crippen LogP contribution in [-0.2, 0) is 9.47 Å². The number of nitrogens with one attached hydrogen (secondary N) is 2. The molecule has 0 aliphatic rings. The summed E-state index contributed by atoms with van der Waals surface area (Å²) in [6.45, 7) is 13.9. The summed E-state index contributed by atoms with van der Waals surface area (Å²) in [6.07, 6.45) is 34.0. The second-order valence-electron chi connectivity index (χ2n) is 14.5. The molecule has 1 aromatic heterocycles. The summed E-state index contributed by atoms with van der Waals surface area (Å²) in [5.41, 5.74) is 0. The normalized spacial score (nSPS) is 12.8. The van der Waals surface area contributed by atoms with Gasteiger partial charge in [0.1, 0.15) is 0 Å². The molecule has 288 valence electrons. The Kier molecular flexibility index (Phi) is 33.0. The first kappa shape index (κ1) is 45.8. The van der Waals surface area contributed by atoms with Crippen LogP contribution >= 0.6 is 11.6 Å². The van der Waals surface area contributed by atoms with Crippen molar-refractivity contribution < 1.29 is 9.47 Å². The Morgan fingerprint density at radius 2 is 0.776 bits per heavy atom. The molecule has 2 atom stereocenters. The van der Waals surface area contributed by atoms with Crippen molar-refractivity contribution in [2.24, 2.45) is 11.8 Å². The van der Waals surface area contributed by atoms with Gasteiger partial charge in [0.2, 0.25) is 17.2 Å². The van der Waals surface area contributed by atoms with Crippen molar-refractivity contribution in [2.75, 3.05) is 50.2 Å². The number of unbranched alkanes of at least 4 members (excludes halogenated alkanes) is 16. The maximum absolute atomic E-state index is 6.23. The lowest BCUT2D eigenvalue weighted by molar-refractivity contribution is 0.0907. The lowest BCUT2D eigenvalue weighted by atomic mass is 9.95. The van der Waals surface area contributed by atoms with Crippen LogP contribution in [-0.4, -0.2) is 54.5 Å². The van der Waals surface area contributed by atoms with Crippen molar-refractivity contribution in [3.05, 3.63) is 5.28 Å². The Morgan fingerprint density at radius 1 is 0.449 bits per heavy atom. The zero-order valence-electron chi connectivity index (χ0n) is 32.8. The van der Waals surface area contributed by atoms with Crippen molar-refractivity contribution in [3.63, 3.8) is 0 Å². The van der Waals surface area contributed by atoms with E-state index in [-0.39, 0.29) is 5.28 Å². The average molecular weight is 711 g/mol. The quantitative estimate of drug-likeness (QED) is 0.0661. The van der Waals surface area contributed by atoms with Crippen molar-refractivity contribution in [2.45, 2.75) is 195 Å². The molecule has 0 radical (unpaired) electrons. The number of anilines is 2. The summed E-state index contributed by atoms with van der Waals surface area (Å²) in [6, 6.07) is 0. The highest BCUT2D eigenvalue weighted by atomic mass is 35.5. The summed E-state index contributed by atoms with van der Waals surface area (Å²) in [5.74, 6) is 2.41. The minimum absolute atomic E-state index is 0.203. The molecule has 0 fully saturated rings. The molecule has 2 N–H and O–H groups in total. The third-order valence-corrected chi connectivity index (χ3v) is 9.85. The van der Waals surface area contributed by atoms with Crippen molar-refractivity contribution >= 4 is 23.5 Å². The van der Waals surface area contributed by atoms with Crippen LogP contribution in [0.2, 0.25) is 5.28 Å². The third kappa shape index (κ3) is 29.1. The van der Waals surface area contributed by atoms with Crippen LogP contribution in [0, 0.1) is 11.8 Å². The number of halogens is 1. The van der Waals surface area contributed by atoms with E-state index in [0.717, 1.165) is 52.4 Å². The van der Waals surface area contributed by atoms with Crippen molar-refractivity contribution in [1.29, 1.82) is 0 Å². The van der Waals surface area contributed by atoms with Crippen LogP contribution in [0.4, 0.5) is 11.9 Å². The molecule has 0 saturated heterocycles. The Labute approximate surface area is 309 Å². The van der Waals surface area contributed by atoms with Gasteiger partial charge in [0.15, 0.2) is 0 Å². The second-order valence-corrected chi connectivity index (χ2v) is 14.8. The molecule has 7 nitrogen and oxygen atoms in total. The van der Waals surface area contributed by atoms with Gasteiger partial charge in [-0.2, -0.15) is 15.0 Å². The molecular formula is C41H80ClN5O2. The SMILES string of the molecule is CCCCCCCCC(CCCCCC)COCCCNc1nc(Cl)nc(NCCCOCC(CCCCCC)CCCCCCCC)n1. The molecule has 8 heteroatoms. The second kappa shape index (κ2) is 35.2. The maximum atomic E-state index is 6.23. The summed E-state index contributed by atoms with van der Waals surface area (Å²) in [5, 5.41) is 6.82. The zero-order chi connectivity index (χ0) is 35.5. The summed E-state index contributed by atoms with van der Waals surface area (Å²) >= 11 is 6.23. The van der Waals surface area contributed by atoms with E-state index >= 15 is 0 Å². The monoisotopic (exact) mass is 710 g/mol. The number of aromatic nitrogens is 3. The van der Waals surface area contributed by atoms with Crippen LogP contribution in [0.3, 0.4) is 0 Å². The molecule has 49 heavy (non-hydrogen) atoms. The number of ether oxygens (including phenoxy) is 2. The largest absolute Gasteiger partial charge is 0.381 e. The predicted octanol–water partition coefficient (Wildman–Crippen LogP) is 12.8. The highest BCUT2D eigenvalue weighted by Gasteiger charge is 2.11. The van der Waals surface area contributed by atoms with E-state index < -0.39 is 0 Å². The van der Waals surface area contributed by atoms with Crippen molar-refractivity contribution in [3.8, 4) is 0 Å². The molecular weight excluding hydrogens is 630 g/mol. The first-order chi connectivity index (χ1) is 24.1. The number of rotatable bonds is 38. The van der Waals surface area contributed by atoms with Gasteiger partial charge in [0, 0.05) is 39.5 Å². The fraction of sp³-hybridized carbons (Fsp3) is 0.927. The smallest absolute Gasteiger partial charge is 0.228 e. The molecule has 1 heterocycles. The van der Waals surface area contributed by atoms with Crippen LogP contribution in [0.15, 0.2) is 0 Å². The summed E-state index contributed by atoms with van der Waals surface area (Å²) in [4.78, 5) is 13.1. The first-order valence-electron chi connectivity index (χ1n) is 21.2. The van der Waals surface area contributed by atoms with Crippen molar-refractivity contribution in [1.82, 2.24) is 15.0 Å². The predicted molar refractivity (Wildman–Crippen MR) is 213 cm³/mol. The minimum atomic E-state index is 0.203. The minimum Gasteiger partial charge on any atom is -0.381 e. The zero-order valence-corrected chi connectivity index (χ0v) is 33.6. The summed E-state index contributed by atoms with van der Waals surface area (Å²) in [7, 11) is 0. The molecule has 2 unspecified atom stereocenters. The third-order valence-electron chi connectivity index (χ3n) is 9.68. The number of hydrogen-bond acceptors (Lipinski definition) is 7. The van der Waals surface area contributed by atoms with Gasteiger partial charge in [0.05, 0.1) is 0 Å². The fourth-order valence-corrected chi connectivity index (χ4v) is 6.69. The Balaban J connectivity index is 2.30. The molecule has 1 aromatic rings. The molecule has 1 rings (SSSR count). The molecule has 0 saturated carbocycles. The standard InChI is InChI=1S/C41H80ClN5O2/c1-5-9-13-17-19-23-29-37(27-21-15-11-7-3)35-48-33-25-31-43-40-45-39(42)46-41(47-40)44-32-26-34-49-36-38(28-22-16-12-8-4)30-24-20-18-14-10-6-2/h37-38H,5-36H2,1-4H3,(H2,43,44,45,46,47). The average Bonchev–Trinajstić information content (AvgIpc) is 3.10. The molecule has 0 spiro atoms. The molecule has 0 bridgehead atoms. The lowest BCUT2D eigenvalue weighted by Gasteiger charge is -2.17. The van der Waals surface area contributed by atoms with Gasteiger partial charge in [-0.3, -0.25) is 0 Å². The van der Waals surface area contributed by atoms with Crippen LogP contribution in [0.1, 0.15) is 195 Å². The van der Waals surface area contributed by atoms with Crippen LogP contribution in [0.5, 0.6) is 0 Å².